The number of amides is 1. The number of rotatable bonds is 5. The highest BCUT2D eigenvalue weighted by Gasteiger charge is 2.28. The van der Waals surface area contributed by atoms with Crippen molar-refractivity contribution >= 4 is 17.7 Å². The number of fused-ring (bicyclic) bond motifs is 3. The van der Waals surface area contributed by atoms with Crippen molar-refractivity contribution < 1.29 is 19.4 Å². The Morgan fingerprint density at radius 2 is 1.43 bits per heavy atom. The number of carboxylic acid groups (broad SMARTS) is 1. The summed E-state index contributed by atoms with van der Waals surface area (Å²) >= 11 is 0. The number of carboxylic acids is 1. The smallest absolute Gasteiger partial charge is 0.425 e. The van der Waals surface area contributed by atoms with E-state index in [1.54, 1.807) is 0 Å². The molecule has 0 radical (unpaired) electrons. The summed E-state index contributed by atoms with van der Waals surface area (Å²) in [6.45, 7) is 0.213. The van der Waals surface area contributed by atoms with Crippen LogP contribution in [0.5, 0.6) is 0 Å². The number of anilines is 1. The third-order valence-electron chi connectivity index (χ3n) is 4.77. The molecule has 1 aliphatic rings. The van der Waals surface area contributed by atoms with E-state index >= 15 is 0 Å². The maximum atomic E-state index is 12.1. The van der Waals surface area contributed by atoms with E-state index in [4.69, 9.17) is 4.74 Å². The Bertz CT molecular complexity index is 985. The van der Waals surface area contributed by atoms with Gasteiger partial charge in [0.15, 0.2) is 0 Å². The van der Waals surface area contributed by atoms with Gasteiger partial charge < -0.3 is 14.6 Å². The summed E-state index contributed by atoms with van der Waals surface area (Å²) in [6.07, 6.45) is -0.620. The van der Waals surface area contributed by atoms with E-state index in [9.17, 15) is 14.7 Å². The van der Waals surface area contributed by atoms with Crippen LogP contribution in [0.3, 0.4) is 0 Å². The second-order valence-corrected chi connectivity index (χ2v) is 6.44. The molecule has 0 aliphatic heterocycles. The third-order valence-corrected chi connectivity index (χ3v) is 4.77. The normalized spacial score (nSPS) is 12.0. The first kappa shape index (κ1) is 17.6. The van der Waals surface area contributed by atoms with E-state index in [2.05, 4.69) is 35.1 Å². The molecule has 6 heteroatoms. The van der Waals surface area contributed by atoms with Crippen LogP contribution in [0.25, 0.3) is 11.1 Å². The van der Waals surface area contributed by atoms with Crippen LogP contribution in [0.4, 0.5) is 10.5 Å². The number of hydrogen-bond donors (Lipinski definition) is 2. The molecule has 6 nitrogen and oxygen atoms in total. The summed E-state index contributed by atoms with van der Waals surface area (Å²) in [6, 6.07) is 22.0. The Kier molecular flexibility index (Phi) is 4.68. The van der Waals surface area contributed by atoms with Gasteiger partial charge >= 0.3 is 6.09 Å². The minimum atomic E-state index is -1.25. The van der Waals surface area contributed by atoms with E-state index in [0.29, 0.717) is 5.69 Å². The molecule has 0 saturated carbocycles. The van der Waals surface area contributed by atoms with Crippen LogP contribution in [-0.4, -0.2) is 18.7 Å². The summed E-state index contributed by atoms with van der Waals surface area (Å²) in [5, 5.41) is 10.7. The third kappa shape index (κ3) is 3.40. The monoisotopic (exact) mass is 373 g/mol. The number of benzene rings is 3. The average molecular weight is 373 g/mol. The number of ether oxygens (including phenoxy) is 1. The van der Waals surface area contributed by atoms with Gasteiger partial charge in [0.25, 0.3) is 0 Å². The molecule has 0 heterocycles. The first-order chi connectivity index (χ1) is 13.6. The summed E-state index contributed by atoms with van der Waals surface area (Å²) in [5.74, 6) is -1.27. The Labute approximate surface area is 161 Å². The molecule has 3 aromatic carbocycles. The quantitative estimate of drug-likeness (QED) is 0.671. The lowest BCUT2D eigenvalue weighted by molar-refractivity contribution is -0.255. The van der Waals surface area contributed by atoms with Crippen LogP contribution in [0.1, 0.15) is 27.4 Å². The zero-order valence-corrected chi connectivity index (χ0v) is 14.8. The molecule has 4 rings (SSSR count). The predicted octanol–water partition coefficient (Wildman–Crippen LogP) is 2.92. The van der Waals surface area contributed by atoms with E-state index in [1.165, 1.54) is 35.4 Å². The molecule has 1 amide bonds. The van der Waals surface area contributed by atoms with Gasteiger partial charge in [0, 0.05) is 5.92 Å². The van der Waals surface area contributed by atoms with Crippen molar-refractivity contribution in [3.05, 3.63) is 89.5 Å². The zero-order chi connectivity index (χ0) is 19.5. The van der Waals surface area contributed by atoms with Gasteiger partial charge in [0.1, 0.15) is 6.61 Å². The van der Waals surface area contributed by atoms with Crippen molar-refractivity contribution in [2.24, 2.45) is 0 Å². The minimum absolute atomic E-state index is 0.0134. The number of nitrogens with one attached hydrogen (secondary N) is 2. The molecule has 2 N–H and O–H groups in total. The summed E-state index contributed by atoms with van der Waals surface area (Å²) < 4.78 is 5.41. The molecule has 28 heavy (non-hydrogen) atoms. The molecule has 0 bridgehead atoms. The van der Waals surface area contributed by atoms with Gasteiger partial charge in [-0.05, 0) is 39.9 Å². The van der Waals surface area contributed by atoms with Crippen molar-refractivity contribution in [3.8, 4) is 11.1 Å². The second-order valence-electron chi connectivity index (χ2n) is 6.44. The largest absolute Gasteiger partial charge is 0.545 e. The van der Waals surface area contributed by atoms with Gasteiger partial charge in [-0.15, -0.1) is 0 Å². The van der Waals surface area contributed by atoms with Crippen LogP contribution in [-0.2, 0) is 4.74 Å². The maximum absolute atomic E-state index is 12.1. The minimum Gasteiger partial charge on any atom is -0.545 e. The van der Waals surface area contributed by atoms with E-state index in [0.717, 1.165) is 11.1 Å². The number of carbonyl (C=O) groups is 2. The second kappa shape index (κ2) is 7.44. The van der Waals surface area contributed by atoms with Gasteiger partial charge in [0.05, 0.1) is 11.7 Å². The van der Waals surface area contributed by atoms with Crippen LogP contribution in [0.15, 0.2) is 72.8 Å². The van der Waals surface area contributed by atoms with E-state index in [1.807, 2.05) is 24.3 Å². The highest BCUT2D eigenvalue weighted by Crippen LogP contribution is 2.44. The van der Waals surface area contributed by atoms with E-state index < -0.39 is 12.1 Å². The van der Waals surface area contributed by atoms with Crippen molar-refractivity contribution in [2.75, 3.05) is 12.0 Å². The average Bonchev–Trinajstić information content (AvgIpc) is 3.05. The fraction of sp³-hybridized carbons (Fsp3) is 0.0909. The van der Waals surface area contributed by atoms with Gasteiger partial charge in [0.2, 0.25) is 0 Å². The number of aromatic carboxylic acids is 1. The van der Waals surface area contributed by atoms with Crippen LogP contribution >= 0.6 is 0 Å². The number of hydrogen-bond acceptors (Lipinski definition) is 5. The lowest BCUT2D eigenvalue weighted by Crippen LogP contribution is -2.31. The Morgan fingerprint density at radius 1 is 0.857 bits per heavy atom. The number of hydrazine groups is 1. The molecule has 0 aromatic heterocycles. The van der Waals surface area contributed by atoms with Gasteiger partial charge in [-0.3, -0.25) is 5.43 Å². The molecule has 0 saturated heterocycles. The molecule has 0 fully saturated rings. The first-order valence-corrected chi connectivity index (χ1v) is 8.82. The molecule has 140 valence electrons. The molecular formula is C22H17N2O4-. The first-order valence-electron chi connectivity index (χ1n) is 8.82. The predicted molar refractivity (Wildman–Crippen MR) is 103 cm³/mol. The fourth-order valence-electron chi connectivity index (χ4n) is 3.45. The molecule has 0 spiro atoms. The molecule has 3 aromatic rings. The Balaban J connectivity index is 1.38. The zero-order valence-electron chi connectivity index (χ0n) is 14.8. The van der Waals surface area contributed by atoms with Crippen LogP contribution in [0, 0.1) is 0 Å². The van der Waals surface area contributed by atoms with Crippen molar-refractivity contribution in [3.63, 3.8) is 0 Å². The summed E-state index contributed by atoms with van der Waals surface area (Å²) in [5.41, 5.74) is 10.3. The Hall–Kier alpha value is -3.80. The summed E-state index contributed by atoms with van der Waals surface area (Å²) in [4.78, 5) is 22.8. The highest BCUT2D eigenvalue weighted by atomic mass is 16.6. The van der Waals surface area contributed by atoms with Gasteiger partial charge in [-0.2, -0.15) is 0 Å². The lowest BCUT2D eigenvalue weighted by atomic mass is 9.98. The lowest BCUT2D eigenvalue weighted by Gasteiger charge is -2.15. The maximum Gasteiger partial charge on any atom is 0.425 e. The number of carbonyl (C=O) groups excluding carboxylic acids is 2. The molecule has 0 atom stereocenters. The van der Waals surface area contributed by atoms with Gasteiger partial charge in [-0.1, -0.05) is 60.7 Å². The fourth-order valence-corrected chi connectivity index (χ4v) is 3.45. The highest BCUT2D eigenvalue weighted by molar-refractivity contribution is 5.86. The standard InChI is InChI=1S/C22H18N2O4/c25-21(26)14-9-11-15(12-10-14)23-24-22(27)28-13-20-18-7-3-1-5-16(18)17-6-2-4-8-19(17)20/h1-12,20,23H,13H2,(H,24,27)(H,25,26)/p-1. The SMILES string of the molecule is O=C(NNc1ccc(C(=O)[O-])cc1)OCC1c2ccccc2-c2ccccc21. The molecule has 0 unspecified atom stereocenters. The van der Waals surface area contributed by atoms with Crippen molar-refractivity contribution in [2.45, 2.75) is 5.92 Å². The molecule has 1 aliphatic carbocycles. The topological polar surface area (TPSA) is 90.5 Å². The van der Waals surface area contributed by atoms with E-state index in [-0.39, 0.29) is 18.1 Å². The molecular weight excluding hydrogens is 356 g/mol. The van der Waals surface area contributed by atoms with Crippen LogP contribution in [0.2, 0.25) is 0 Å². The van der Waals surface area contributed by atoms with Crippen LogP contribution < -0.4 is 16.0 Å². The summed E-state index contributed by atoms with van der Waals surface area (Å²) in [7, 11) is 0. The Morgan fingerprint density at radius 3 is 2.00 bits per heavy atom. The van der Waals surface area contributed by atoms with Crippen molar-refractivity contribution in [1.29, 1.82) is 0 Å². The van der Waals surface area contributed by atoms with Gasteiger partial charge in [-0.25, -0.2) is 10.2 Å². The van der Waals surface area contributed by atoms with Crippen molar-refractivity contribution in [1.82, 2.24) is 5.43 Å².